The Morgan fingerprint density at radius 2 is 1.87 bits per heavy atom. The number of hydrazone groups is 1. The lowest BCUT2D eigenvalue weighted by Gasteiger charge is -2.09. The number of H-pyrrole nitrogens is 1. The summed E-state index contributed by atoms with van der Waals surface area (Å²) >= 11 is 0. The van der Waals surface area contributed by atoms with Gasteiger partial charge in [-0.3, -0.25) is 0 Å². The molecule has 6 nitrogen and oxygen atoms in total. The lowest BCUT2D eigenvalue weighted by Crippen LogP contribution is -2.01. The summed E-state index contributed by atoms with van der Waals surface area (Å²) in [4.78, 5) is 7.59. The molecule has 0 amide bonds. The molecular weight excluding hydrogens is 292 g/mol. The van der Waals surface area contributed by atoms with Crippen molar-refractivity contribution in [2.75, 3.05) is 19.6 Å². The highest BCUT2D eigenvalue weighted by atomic mass is 16.5. The second-order valence-electron chi connectivity index (χ2n) is 4.98. The van der Waals surface area contributed by atoms with Gasteiger partial charge in [0, 0.05) is 5.56 Å². The highest BCUT2D eigenvalue weighted by Crippen LogP contribution is 2.27. The van der Waals surface area contributed by atoms with Crippen LogP contribution in [0.4, 0.5) is 5.95 Å². The molecule has 0 radical (unpaired) electrons. The fourth-order valence-corrected chi connectivity index (χ4v) is 2.27. The molecule has 2 aromatic carbocycles. The zero-order valence-corrected chi connectivity index (χ0v) is 13.3. The van der Waals surface area contributed by atoms with Crippen LogP contribution >= 0.6 is 0 Å². The lowest BCUT2D eigenvalue weighted by molar-refractivity contribution is 0.355. The maximum absolute atomic E-state index is 5.31. The molecule has 1 aromatic heterocycles. The molecule has 6 heteroatoms. The Hall–Kier alpha value is -3.02. The maximum Gasteiger partial charge on any atom is 0.222 e. The van der Waals surface area contributed by atoms with Gasteiger partial charge in [-0.15, -0.1) is 0 Å². The Bertz CT molecular complexity index is 822. The molecule has 0 atom stereocenters. The highest BCUT2D eigenvalue weighted by molar-refractivity contribution is 5.99. The van der Waals surface area contributed by atoms with E-state index in [1.807, 2.05) is 49.4 Å². The smallest absolute Gasteiger partial charge is 0.222 e. The molecule has 23 heavy (non-hydrogen) atoms. The SMILES string of the molecule is COc1ccc(/C(C)=N/Nc2nc3ccccc3[nH]2)cc1OC. The van der Waals surface area contributed by atoms with Gasteiger partial charge >= 0.3 is 0 Å². The normalized spacial score (nSPS) is 11.5. The molecule has 0 saturated heterocycles. The third-order valence-corrected chi connectivity index (χ3v) is 3.52. The van der Waals surface area contributed by atoms with Gasteiger partial charge < -0.3 is 14.5 Å². The number of para-hydroxylation sites is 2. The van der Waals surface area contributed by atoms with Crippen molar-refractivity contribution in [3.8, 4) is 11.5 Å². The number of anilines is 1. The van der Waals surface area contributed by atoms with Crippen molar-refractivity contribution in [2.45, 2.75) is 6.92 Å². The van der Waals surface area contributed by atoms with E-state index in [1.54, 1.807) is 14.2 Å². The Labute approximate surface area is 134 Å². The molecule has 0 bridgehead atoms. The van der Waals surface area contributed by atoms with E-state index in [2.05, 4.69) is 20.5 Å². The largest absolute Gasteiger partial charge is 0.493 e. The summed E-state index contributed by atoms with van der Waals surface area (Å²) in [6.45, 7) is 1.91. The molecule has 1 heterocycles. The third-order valence-electron chi connectivity index (χ3n) is 3.52. The predicted octanol–water partition coefficient (Wildman–Crippen LogP) is 3.42. The van der Waals surface area contributed by atoms with E-state index in [0.29, 0.717) is 17.4 Å². The topological polar surface area (TPSA) is 71.5 Å². The van der Waals surface area contributed by atoms with Crippen LogP contribution in [0.3, 0.4) is 0 Å². The summed E-state index contributed by atoms with van der Waals surface area (Å²) in [6.07, 6.45) is 0. The van der Waals surface area contributed by atoms with Crippen LogP contribution < -0.4 is 14.9 Å². The highest BCUT2D eigenvalue weighted by Gasteiger charge is 2.07. The maximum atomic E-state index is 5.31. The van der Waals surface area contributed by atoms with E-state index in [-0.39, 0.29) is 0 Å². The molecule has 118 valence electrons. The van der Waals surface area contributed by atoms with Crippen LogP contribution in [0.15, 0.2) is 47.6 Å². The number of imidazole rings is 1. The Morgan fingerprint density at radius 1 is 1.09 bits per heavy atom. The summed E-state index contributed by atoms with van der Waals surface area (Å²) in [5.74, 6) is 1.96. The zero-order chi connectivity index (χ0) is 16.2. The van der Waals surface area contributed by atoms with Crippen molar-refractivity contribution in [1.29, 1.82) is 0 Å². The number of aromatic nitrogens is 2. The van der Waals surface area contributed by atoms with Gasteiger partial charge in [0.15, 0.2) is 11.5 Å². The molecule has 3 rings (SSSR count). The van der Waals surface area contributed by atoms with E-state index in [4.69, 9.17) is 9.47 Å². The first-order chi connectivity index (χ1) is 11.2. The molecule has 0 unspecified atom stereocenters. The minimum Gasteiger partial charge on any atom is -0.493 e. The molecule has 0 saturated carbocycles. The van der Waals surface area contributed by atoms with E-state index in [9.17, 15) is 0 Å². The van der Waals surface area contributed by atoms with Gasteiger partial charge in [-0.25, -0.2) is 10.4 Å². The van der Waals surface area contributed by atoms with Gasteiger partial charge in [0.05, 0.1) is 31.0 Å². The minimum atomic E-state index is 0.603. The van der Waals surface area contributed by atoms with Crippen LogP contribution in [0.25, 0.3) is 11.0 Å². The van der Waals surface area contributed by atoms with E-state index < -0.39 is 0 Å². The molecule has 0 fully saturated rings. The second kappa shape index (κ2) is 6.39. The molecule has 2 N–H and O–H groups in total. The number of benzene rings is 2. The van der Waals surface area contributed by atoms with E-state index in [1.165, 1.54) is 0 Å². The van der Waals surface area contributed by atoms with Crippen molar-refractivity contribution in [3.05, 3.63) is 48.0 Å². The van der Waals surface area contributed by atoms with Crippen molar-refractivity contribution < 1.29 is 9.47 Å². The molecule has 0 aliphatic heterocycles. The van der Waals surface area contributed by atoms with Gasteiger partial charge in [-0.05, 0) is 37.3 Å². The molecule has 0 spiro atoms. The first-order valence-corrected chi connectivity index (χ1v) is 7.18. The number of hydrogen-bond donors (Lipinski definition) is 2. The van der Waals surface area contributed by atoms with E-state index >= 15 is 0 Å². The van der Waals surface area contributed by atoms with Crippen LogP contribution in [0, 0.1) is 0 Å². The molecular formula is C17H18N4O2. The summed E-state index contributed by atoms with van der Waals surface area (Å²) in [5, 5.41) is 4.37. The van der Waals surface area contributed by atoms with Gasteiger partial charge in [0.1, 0.15) is 0 Å². The van der Waals surface area contributed by atoms with Crippen molar-refractivity contribution in [1.82, 2.24) is 9.97 Å². The third kappa shape index (κ3) is 3.11. The standard InChI is InChI=1S/C17H18N4O2/c1-11(12-8-9-15(22-2)16(10-12)23-3)20-21-17-18-13-6-4-5-7-14(13)19-17/h4-10H,1-3H3,(H2,18,19,21)/b20-11+. The van der Waals surface area contributed by atoms with E-state index in [0.717, 1.165) is 22.3 Å². The molecule has 0 aliphatic carbocycles. The number of ether oxygens (including phenoxy) is 2. The number of methoxy groups -OCH3 is 2. The molecule has 3 aromatic rings. The fourth-order valence-electron chi connectivity index (χ4n) is 2.27. The summed E-state index contributed by atoms with van der Waals surface area (Å²) < 4.78 is 10.5. The monoisotopic (exact) mass is 310 g/mol. The number of nitrogens with zero attached hydrogens (tertiary/aromatic N) is 2. The number of nitrogens with one attached hydrogen (secondary N) is 2. The van der Waals surface area contributed by atoms with Gasteiger partial charge in [0.2, 0.25) is 5.95 Å². The summed E-state index contributed by atoms with van der Waals surface area (Å²) in [5.41, 5.74) is 6.56. The average Bonchev–Trinajstić information content (AvgIpc) is 3.01. The number of hydrogen-bond acceptors (Lipinski definition) is 5. The summed E-state index contributed by atoms with van der Waals surface area (Å²) in [7, 11) is 3.22. The van der Waals surface area contributed by atoms with Gasteiger partial charge in [-0.1, -0.05) is 12.1 Å². The fraction of sp³-hybridized carbons (Fsp3) is 0.176. The van der Waals surface area contributed by atoms with Crippen LogP contribution in [-0.4, -0.2) is 29.9 Å². The Kier molecular flexibility index (Phi) is 4.14. The minimum absolute atomic E-state index is 0.603. The lowest BCUT2D eigenvalue weighted by atomic mass is 10.1. The number of aromatic amines is 1. The van der Waals surface area contributed by atoms with Gasteiger partial charge in [0.25, 0.3) is 0 Å². The van der Waals surface area contributed by atoms with Crippen molar-refractivity contribution in [2.24, 2.45) is 5.10 Å². The number of rotatable bonds is 5. The second-order valence-corrected chi connectivity index (χ2v) is 4.98. The van der Waals surface area contributed by atoms with Crippen molar-refractivity contribution >= 4 is 22.7 Å². The molecule has 0 aliphatic rings. The first-order valence-electron chi connectivity index (χ1n) is 7.18. The average molecular weight is 310 g/mol. The first kappa shape index (κ1) is 14.9. The van der Waals surface area contributed by atoms with Crippen LogP contribution in [0.5, 0.6) is 11.5 Å². The van der Waals surface area contributed by atoms with Crippen molar-refractivity contribution in [3.63, 3.8) is 0 Å². The van der Waals surface area contributed by atoms with Crippen LogP contribution in [0.1, 0.15) is 12.5 Å². The van der Waals surface area contributed by atoms with Crippen LogP contribution in [-0.2, 0) is 0 Å². The predicted molar refractivity (Wildman–Crippen MR) is 91.5 cm³/mol. The van der Waals surface area contributed by atoms with Gasteiger partial charge in [-0.2, -0.15) is 5.10 Å². The zero-order valence-electron chi connectivity index (χ0n) is 13.3. The quantitative estimate of drug-likeness (QED) is 0.559. The Balaban J connectivity index is 1.81. The van der Waals surface area contributed by atoms with Crippen LogP contribution in [0.2, 0.25) is 0 Å². The summed E-state index contributed by atoms with van der Waals surface area (Å²) in [6, 6.07) is 13.5. The Morgan fingerprint density at radius 3 is 2.61 bits per heavy atom. The number of fused-ring (bicyclic) bond motifs is 1.